The van der Waals surface area contributed by atoms with E-state index in [1.54, 1.807) is 30.3 Å². The van der Waals surface area contributed by atoms with Crippen LogP contribution in [0.25, 0.3) is 11.0 Å². The second-order valence-corrected chi connectivity index (χ2v) is 8.53. The zero-order chi connectivity index (χ0) is 21.3. The molecule has 0 fully saturated rings. The Hall–Kier alpha value is -3.63. The SMILES string of the molecule is O=C(Nc1ccccc1O)c1cccc(S(=O)(=O)Nc2ccc3[nH]c(=S)[nH]c3c2)c1. The highest BCUT2D eigenvalue weighted by Crippen LogP contribution is 2.24. The lowest BCUT2D eigenvalue weighted by Gasteiger charge is -2.10. The average molecular weight is 441 g/mol. The third-order valence-corrected chi connectivity index (χ3v) is 5.91. The Morgan fingerprint density at radius 3 is 2.50 bits per heavy atom. The quantitative estimate of drug-likeness (QED) is 0.237. The molecule has 0 radical (unpaired) electrons. The summed E-state index contributed by atoms with van der Waals surface area (Å²) < 4.78 is 28.5. The van der Waals surface area contributed by atoms with Crippen LogP contribution in [0, 0.1) is 4.77 Å². The molecule has 0 aliphatic rings. The molecule has 1 aromatic heterocycles. The van der Waals surface area contributed by atoms with Crippen molar-refractivity contribution in [2.75, 3.05) is 10.0 Å². The minimum atomic E-state index is -3.94. The van der Waals surface area contributed by atoms with Gasteiger partial charge in [0.15, 0.2) is 4.77 Å². The normalized spacial score (nSPS) is 11.3. The van der Waals surface area contributed by atoms with Crippen molar-refractivity contribution in [3.63, 3.8) is 0 Å². The summed E-state index contributed by atoms with van der Waals surface area (Å²) in [5.41, 5.74) is 2.12. The van der Waals surface area contributed by atoms with Gasteiger partial charge >= 0.3 is 0 Å². The second kappa shape index (κ2) is 7.65. The minimum Gasteiger partial charge on any atom is -0.506 e. The number of para-hydroxylation sites is 2. The van der Waals surface area contributed by atoms with Crippen molar-refractivity contribution in [1.29, 1.82) is 0 Å². The number of fused-ring (bicyclic) bond motifs is 1. The monoisotopic (exact) mass is 440 g/mol. The zero-order valence-electron chi connectivity index (χ0n) is 15.3. The van der Waals surface area contributed by atoms with Crippen molar-refractivity contribution in [1.82, 2.24) is 9.97 Å². The van der Waals surface area contributed by atoms with Gasteiger partial charge in [-0.25, -0.2) is 8.42 Å². The lowest BCUT2D eigenvalue weighted by molar-refractivity contribution is 0.102. The molecule has 0 saturated carbocycles. The summed E-state index contributed by atoms with van der Waals surface area (Å²) in [7, 11) is -3.94. The second-order valence-electron chi connectivity index (χ2n) is 6.44. The van der Waals surface area contributed by atoms with Gasteiger partial charge in [-0.05, 0) is 60.7 Å². The van der Waals surface area contributed by atoms with E-state index in [2.05, 4.69) is 20.0 Å². The van der Waals surface area contributed by atoms with E-state index < -0.39 is 15.9 Å². The number of nitrogens with one attached hydrogen (secondary N) is 4. The molecule has 152 valence electrons. The van der Waals surface area contributed by atoms with E-state index in [-0.39, 0.29) is 21.9 Å². The summed E-state index contributed by atoms with van der Waals surface area (Å²) in [5.74, 6) is -0.634. The van der Waals surface area contributed by atoms with Crippen molar-refractivity contribution in [3.8, 4) is 5.75 Å². The number of H-pyrrole nitrogens is 2. The molecule has 3 aromatic carbocycles. The van der Waals surface area contributed by atoms with Gasteiger partial charge in [0.2, 0.25) is 0 Å². The molecule has 1 amide bonds. The molecule has 1 heterocycles. The highest BCUT2D eigenvalue weighted by molar-refractivity contribution is 7.92. The molecule has 4 aromatic rings. The van der Waals surface area contributed by atoms with Gasteiger partial charge in [-0.1, -0.05) is 18.2 Å². The lowest BCUT2D eigenvalue weighted by atomic mass is 10.2. The smallest absolute Gasteiger partial charge is 0.261 e. The van der Waals surface area contributed by atoms with E-state index in [1.807, 2.05) is 0 Å². The highest BCUT2D eigenvalue weighted by Gasteiger charge is 2.17. The fourth-order valence-corrected chi connectivity index (χ4v) is 4.20. The first-order valence-corrected chi connectivity index (χ1v) is 10.7. The average Bonchev–Trinajstić information content (AvgIpc) is 3.09. The summed E-state index contributed by atoms with van der Waals surface area (Å²) in [6, 6.07) is 16.8. The molecule has 0 aliphatic carbocycles. The predicted octanol–water partition coefficient (Wildman–Crippen LogP) is 3.98. The van der Waals surface area contributed by atoms with Crippen molar-refractivity contribution in [2.45, 2.75) is 4.90 Å². The first-order chi connectivity index (χ1) is 14.3. The minimum absolute atomic E-state index is 0.0745. The summed E-state index contributed by atoms with van der Waals surface area (Å²) in [6.45, 7) is 0. The van der Waals surface area contributed by atoms with Crippen LogP contribution in [0.5, 0.6) is 5.75 Å². The predicted molar refractivity (Wildman–Crippen MR) is 117 cm³/mol. The number of aromatic hydroxyl groups is 1. The number of rotatable bonds is 5. The fourth-order valence-electron chi connectivity index (χ4n) is 2.89. The molecule has 8 nitrogen and oxygen atoms in total. The zero-order valence-corrected chi connectivity index (χ0v) is 17.0. The summed E-state index contributed by atoms with van der Waals surface area (Å²) >= 11 is 5.03. The number of phenols is 1. The molecule has 5 N–H and O–H groups in total. The topological polar surface area (TPSA) is 127 Å². The van der Waals surface area contributed by atoms with Crippen LogP contribution < -0.4 is 10.0 Å². The van der Waals surface area contributed by atoms with E-state index in [1.165, 1.54) is 36.4 Å². The van der Waals surface area contributed by atoms with Crippen molar-refractivity contribution in [2.24, 2.45) is 0 Å². The number of aromatic amines is 2. The number of aromatic nitrogens is 2. The number of benzene rings is 3. The molecule has 4 rings (SSSR count). The van der Waals surface area contributed by atoms with Crippen molar-refractivity contribution in [3.05, 3.63) is 77.1 Å². The van der Waals surface area contributed by atoms with Gasteiger partial charge in [0.1, 0.15) is 5.75 Å². The first kappa shape index (κ1) is 19.7. The van der Waals surface area contributed by atoms with Crippen LogP contribution in [-0.4, -0.2) is 29.4 Å². The van der Waals surface area contributed by atoms with Crippen LogP contribution in [0.3, 0.4) is 0 Å². The Morgan fingerprint density at radius 2 is 1.70 bits per heavy atom. The summed E-state index contributed by atoms with van der Waals surface area (Å²) in [4.78, 5) is 18.3. The number of imidazole rings is 1. The molecule has 0 bridgehead atoms. The Labute approximate surface area is 176 Å². The maximum atomic E-state index is 12.8. The van der Waals surface area contributed by atoms with Gasteiger partial charge < -0.3 is 20.4 Å². The van der Waals surface area contributed by atoms with E-state index in [4.69, 9.17) is 12.2 Å². The fraction of sp³-hybridized carbons (Fsp3) is 0. The number of sulfonamides is 1. The molecule has 30 heavy (non-hydrogen) atoms. The molecule has 10 heteroatoms. The number of carbonyl (C=O) groups excluding carboxylic acids is 1. The molecule has 0 spiro atoms. The van der Waals surface area contributed by atoms with Crippen molar-refractivity contribution >= 4 is 50.6 Å². The number of phenolic OH excluding ortho intramolecular Hbond substituents is 1. The summed E-state index contributed by atoms with van der Waals surface area (Å²) in [6.07, 6.45) is 0. The van der Waals surface area contributed by atoms with Gasteiger partial charge in [0, 0.05) is 5.56 Å². The van der Waals surface area contributed by atoms with Gasteiger partial charge in [0.25, 0.3) is 15.9 Å². The molecule has 0 atom stereocenters. The molecule has 0 unspecified atom stereocenters. The Balaban J connectivity index is 1.59. The molecular formula is C20H16N4O4S2. The number of hydrogen-bond acceptors (Lipinski definition) is 5. The maximum absolute atomic E-state index is 12.8. The van der Waals surface area contributed by atoms with Crippen LogP contribution >= 0.6 is 12.2 Å². The van der Waals surface area contributed by atoms with Crippen LogP contribution in [0.4, 0.5) is 11.4 Å². The van der Waals surface area contributed by atoms with E-state index >= 15 is 0 Å². The van der Waals surface area contributed by atoms with Crippen LogP contribution in [-0.2, 0) is 10.0 Å². The Bertz CT molecular complexity index is 1420. The Morgan fingerprint density at radius 1 is 0.933 bits per heavy atom. The number of carbonyl (C=O) groups is 1. The third-order valence-electron chi connectivity index (χ3n) is 4.33. The Kier molecular flexibility index (Phi) is 5.02. The van der Waals surface area contributed by atoms with Gasteiger partial charge in [-0.2, -0.15) is 0 Å². The van der Waals surface area contributed by atoms with E-state index in [0.29, 0.717) is 16.0 Å². The first-order valence-electron chi connectivity index (χ1n) is 8.76. The van der Waals surface area contributed by atoms with Crippen LogP contribution in [0.1, 0.15) is 10.4 Å². The van der Waals surface area contributed by atoms with Crippen molar-refractivity contribution < 1.29 is 18.3 Å². The van der Waals surface area contributed by atoms with Gasteiger partial charge in [-0.15, -0.1) is 0 Å². The van der Waals surface area contributed by atoms with E-state index in [9.17, 15) is 18.3 Å². The number of hydrogen-bond donors (Lipinski definition) is 5. The van der Waals surface area contributed by atoms with Crippen LogP contribution in [0.15, 0.2) is 71.6 Å². The third kappa shape index (κ3) is 4.04. The molecular weight excluding hydrogens is 424 g/mol. The molecule has 0 aliphatic heterocycles. The maximum Gasteiger partial charge on any atom is 0.261 e. The van der Waals surface area contributed by atoms with Gasteiger partial charge in [0.05, 0.1) is 27.3 Å². The van der Waals surface area contributed by atoms with Gasteiger partial charge in [-0.3, -0.25) is 9.52 Å². The number of amides is 1. The largest absolute Gasteiger partial charge is 0.506 e. The molecule has 0 saturated heterocycles. The van der Waals surface area contributed by atoms with E-state index in [0.717, 1.165) is 5.52 Å². The standard InChI is InChI=1S/C20H16N4O4S2/c25-18-7-2-1-6-16(18)21-19(26)12-4-3-5-14(10-12)30(27,28)24-13-8-9-15-17(11-13)23-20(29)22-15/h1-11,24-25H,(H,21,26)(H2,22,23,29). The van der Waals surface area contributed by atoms with Crippen LogP contribution in [0.2, 0.25) is 0 Å². The highest BCUT2D eigenvalue weighted by atomic mass is 32.2. The summed E-state index contributed by atoms with van der Waals surface area (Å²) in [5, 5.41) is 12.4. The lowest BCUT2D eigenvalue weighted by Crippen LogP contribution is -2.16. The number of anilines is 2.